The molecule has 9 heteroatoms. The van der Waals surface area contributed by atoms with Crippen LogP contribution in [0.4, 0.5) is 0 Å². The monoisotopic (exact) mass is 339 g/mol. The average Bonchev–Trinajstić information content (AvgIpc) is 3.30. The molecule has 9 nitrogen and oxygen atoms in total. The fourth-order valence-electron chi connectivity index (χ4n) is 2.45. The van der Waals surface area contributed by atoms with Crippen LogP contribution in [0.1, 0.15) is 17.3 Å². The Morgan fingerprint density at radius 2 is 1.84 bits per heavy atom. The second kappa shape index (κ2) is 5.86. The molecule has 0 aliphatic carbocycles. The van der Waals surface area contributed by atoms with Crippen molar-refractivity contribution in [2.75, 3.05) is 0 Å². The lowest BCUT2D eigenvalue weighted by molar-refractivity contribution is 0.391. The van der Waals surface area contributed by atoms with Gasteiger partial charge in [-0.2, -0.15) is 9.67 Å². The van der Waals surface area contributed by atoms with Crippen molar-refractivity contribution < 1.29 is 13.5 Å². The fourth-order valence-corrected chi connectivity index (χ4v) is 2.45. The van der Waals surface area contributed by atoms with Gasteiger partial charge in [0, 0.05) is 5.56 Å². The van der Waals surface area contributed by atoms with Gasteiger partial charge in [0.05, 0.1) is 5.69 Å². The molecule has 1 aromatic carbocycles. The number of nitrogens with zero attached hydrogens (tertiary/aromatic N) is 5. The van der Waals surface area contributed by atoms with E-state index < -0.39 is 5.76 Å². The molecule has 0 bridgehead atoms. The third-order valence-electron chi connectivity index (χ3n) is 3.63. The maximum Gasteiger partial charge on any atom is 0.437 e. The van der Waals surface area contributed by atoms with Crippen molar-refractivity contribution in [1.82, 2.24) is 25.1 Å². The zero-order valence-electron chi connectivity index (χ0n) is 13.5. The van der Waals surface area contributed by atoms with E-state index in [9.17, 15) is 4.79 Å². The molecule has 0 unspecified atom stereocenters. The van der Waals surface area contributed by atoms with Crippen LogP contribution in [0.15, 0.2) is 48.6 Å². The SMILES string of the molecule is Cc1noc(C)c1-c1nc(Cn2nc(-c3ccccc3)oc2=O)no1. The number of aryl methyl sites for hydroxylation is 2. The van der Waals surface area contributed by atoms with Gasteiger partial charge in [-0.05, 0) is 26.0 Å². The summed E-state index contributed by atoms with van der Waals surface area (Å²) in [6, 6.07) is 9.15. The summed E-state index contributed by atoms with van der Waals surface area (Å²) in [6.07, 6.45) is 0. The maximum absolute atomic E-state index is 12.0. The molecule has 0 amide bonds. The minimum atomic E-state index is -0.595. The van der Waals surface area contributed by atoms with E-state index in [-0.39, 0.29) is 18.3 Å². The van der Waals surface area contributed by atoms with Crippen LogP contribution in [0.2, 0.25) is 0 Å². The molecule has 3 aromatic heterocycles. The molecule has 4 aromatic rings. The molecule has 3 heterocycles. The van der Waals surface area contributed by atoms with Crippen LogP contribution in [-0.4, -0.2) is 25.1 Å². The van der Waals surface area contributed by atoms with Crippen molar-refractivity contribution >= 4 is 0 Å². The van der Waals surface area contributed by atoms with Crippen LogP contribution in [0.5, 0.6) is 0 Å². The predicted molar refractivity (Wildman–Crippen MR) is 84.6 cm³/mol. The Morgan fingerprint density at radius 1 is 1.04 bits per heavy atom. The zero-order chi connectivity index (χ0) is 17.4. The Morgan fingerprint density at radius 3 is 2.56 bits per heavy atom. The summed E-state index contributed by atoms with van der Waals surface area (Å²) in [4.78, 5) is 16.3. The minimum absolute atomic E-state index is 0.0298. The molecule has 0 spiro atoms. The first-order valence-electron chi connectivity index (χ1n) is 7.51. The second-order valence-corrected chi connectivity index (χ2v) is 5.41. The quantitative estimate of drug-likeness (QED) is 0.556. The highest BCUT2D eigenvalue weighted by molar-refractivity contribution is 5.57. The molecule has 0 saturated carbocycles. The number of hydrogen-bond acceptors (Lipinski definition) is 8. The van der Waals surface area contributed by atoms with E-state index in [1.165, 1.54) is 0 Å². The molecule has 0 saturated heterocycles. The third-order valence-corrected chi connectivity index (χ3v) is 3.63. The highest BCUT2D eigenvalue weighted by Crippen LogP contribution is 2.25. The highest BCUT2D eigenvalue weighted by atomic mass is 16.5. The molecule has 0 fully saturated rings. The molecule has 126 valence electrons. The Hall–Kier alpha value is -3.49. The molecular weight excluding hydrogens is 326 g/mol. The molecule has 25 heavy (non-hydrogen) atoms. The van der Waals surface area contributed by atoms with Crippen molar-refractivity contribution in [2.24, 2.45) is 0 Å². The van der Waals surface area contributed by atoms with Crippen LogP contribution < -0.4 is 5.76 Å². The number of hydrogen-bond donors (Lipinski definition) is 0. The first kappa shape index (κ1) is 15.1. The maximum atomic E-state index is 12.0. The minimum Gasteiger partial charge on any atom is -0.388 e. The summed E-state index contributed by atoms with van der Waals surface area (Å²) in [5.41, 5.74) is 2.01. The summed E-state index contributed by atoms with van der Waals surface area (Å²) >= 11 is 0. The Labute approximate surface area is 140 Å². The van der Waals surface area contributed by atoms with E-state index in [1.807, 2.05) is 18.2 Å². The van der Waals surface area contributed by atoms with E-state index >= 15 is 0 Å². The normalized spacial score (nSPS) is 11.1. The molecule has 0 aliphatic heterocycles. The van der Waals surface area contributed by atoms with Gasteiger partial charge in [0.1, 0.15) is 17.9 Å². The lowest BCUT2D eigenvalue weighted by Crippen LogP contribution is -2.17. The van der Waals surface area contributed by atoms with Gasteiger partial charge in [0.2, 0.25) is 5.89 Å². The Bertz CT molecular complexity index is 1050. The van der Waals surface area contributed by atoms with Gasteiger partial charge in [0.25, 0.3) is 5.89 Å². The summed E-state index contributed by atoms with van der Waals surface area (Å²) in [5.74, 6) is 0.802. The standard InChI is InChI=1S/C16H13N5O4/c1-9-13(10(2)24-19-9)15-17-12(20-25-15)8-21-16(22)23-14(18-21)11-6-4-3-5-7-11/h3-7H,8H2,1-2H3. The Kier molecular flexibility index (Phi) is 3.53. The smallest absolute Gasteiger partial charge is 0.388 e. The van der Waals surface area contributed by atoms with E-state index in [0.717, 1.165) is 4.68 Å². The summed E-state index contributed by atoms with van der Waals surface area (Å²) < 4.78 is 16.6. The molecule has 0 atom stereocenters. The summed E-state index contributed by atoms with van der Waals surface area (Å²) in [6.45, 7) is 3.57. The van der Waals surface area contributed by atoms with E-state index in [1.54, 1.807) is 26.0 Å². The van der Waals surface area contributed by atoms with E-state index in [2.05, 4.69) is 20.4 Å². The number of rotatable bonds is 4. The van der Waals surface area contributed by atoms with Crippen LogP contribution in [0.25, 0.3) is 22.9 Å². The molecule has 0 N–H and O–H groups in total. The molecule has 4 rings (SSSR count). The predicted octanol–water partition coefficient (Wildman–Crippen LogP) is 2.21. The van der Waals surface area contributed by atoms with Gasteiger partial charge in [-0.3, -0.25) is 0 Å². The summed E-state index contributed by atoms with van der Waals surface area (Å²) in [7, 11) is 0. The number of benzene rings is 1. The van der Waals surface area contributed by atoms with Crippen LogP contribution >= 0.6 is 0 Å². The lowest BCUT2D eigenvalue weighted by atomic mass is 10.2. The van der Waals surface area contributed by atoms with Gasteiger partial charge >= 0.3 is 5.76 Å². The van der Waals surface area contributed by atoms with Crippen molar-refractivity contribution in [1.29, 1.82) is 0 Å². The molecule has 0 radical (unpaired) electrons. The van der Waals surface area contributed by atoms with Gasteiger partial charge in [-0.15, -0.1) is 5.10 Å². The van der Waals surface area contributed by atoms with Crippen LogP contribution in [0.3, 0.4) is 0 Å². The largest absolute Gasteiger partial charge is 0.437 e. The first-order valence-corrected chi connectivity index (χ1v) is 7.51. The molecule has 0 aliphatic rings. The van der Waals surface area contributed by atoms with Gasteiger partial charge in [0.15, 0.2) is 5.82 Å². The second-order valence-electron chi connectivity index (χ2n) is 5.41. The zero-order valence-corrected chi connectivity index (χ0v) is 13.5. The third kappa shape index (κ3) is 2.75. The van der Waals surface area contributed by atoms with Gasteiger partial charge in [-0.25, -0.2) is 4.79 Å². The lowest BCUT2D eigenvalue weighted by Gasteiger charge is -1.93. The molecular formula is C16H13N5O4. The van der Waals surface area contributed by atoms with Crippen molar-refractivity contribution in [3.8, 4) is 22.9 Å². The van der Waals surface area contributed by atoms with Gasteiger partial charge in [-0.1, -0.05) is 28.5 Å². The van der Waals surface area contributed by atoms with Crippen LogP contribution in [-0.2, 0) is 6.54 Å². The van der Waals surface area contributed by atoms with Crippen molar-refractivity contribution in [3.63, 3.8) is 0 Å². The van der Waals surface area contributed by atoms with Gasteiger partial charge < -0.3 is 13.5 Å². The van der Waals surface area contributed by atoms with Crippen molar-refractivity contribution in [2.45, 2.75) is 20.4 Å². The fraction of sp³-hybridized carbons (Fsp3) is 0.188. The number of aromatic nitrogens is 5. The average molecular weight is 339 g/mol. The van der Waals surface area contributed by atoms with Crippen molar-refractivity contribution in [3.05, 3.63) is 58.2 Å². The van der Waals surface area contributed by atoms with E-state index in [0.29, 0.717) is 28.4 Å². The first-order chi connectivity index (χ1) is 12.1. The summed E-state index contributed by atoms with van der Waals surface area (Å²) in [5, 5.41) is 11.9. The van der Waals surface area contributed by atoms with Crippen LogP contribution in [0, 0.1) is 13.8 Å². The highest BCUT2D eigenvalue weighted by Gasteiger charge is 2.19. The topological polar surface area (TPSA) is 113 Å². The Balaban J connectivity index is 1.62. The van der Waals surface area contributed by atoms with E-state index in [4.69, 9.17) is 13.5 Å².